The lowest BCUT2D eigenvalue weighted by molar-refractivity contribution is 0.161. The second kappa shape index (κ2) is 9.83. The number of hydrogen-bond donors (Lipinski definition) is 0. The number of hydrogen-bond acceptors (Lipinski definition) is 1. The van der Waals surface area contributed by atoms with Crippen LogP contribution in [0.2, 0.25) is 0 Å². The third-order valence-corrected chi connectivity index (χ3v) is 4.88. The maximum atomic E-state index is 2.64. The van der Waals surface area contributed by atoms with E-state index in [1.54, 1.807) is 0 Å². The van der Waals surface area contributed by atoms with Crippen molar-refractivity contribution >= 4 is 0 Å². The topological polar surface area (TPSA) is 3.24 Å². The number of rotatable bonds is 9. The quantitative estimate of drug-likeness (QED) is 0.507. The first-order valence-corrected chi connectivity index (χ1v) is 8.48. The van der Waals surface area contributed by atoms with Gasteiger partial charge in [-0.25, -0.2) is 0 Å². The summed E-state index contributed by atoms with van der Waals surface area (Å²) in [5.41, 5.74) is 0. The molecule has 1 aliphatic carbocycles. The third kappa shape index (κ3) is 6.22. The Bertz CT molecular complexity index is 182. The highest BCUT2D eigenvalue weighted by Crippen LogP contribution is 2.29. The van der Waals surface area contributed by atoms with Gasteiger partial charge in [-0.1, -0.05) is 52.4 Å². The fourth-order valence-electron chi connectivity index (χ4n) is 3.32. The first-order valence-electron chi connectivity index (χ1n) is 8.48. The summed E-state index contributed by atoms with van der Waals surface area (Å²) in [5.74, 6) is 1.03. The lowest BCUT2D eigenvalue weighted by atomic mass is 9.84. The zero-order valence-corrected chi connectivity index (χ0v) is 13.1. The minimum atomic E-state index is 0.892. The maximum Gasteiger partial charge on any atom is 0.00924 e. The van der Waals surface area contributed by atoms with Crippen LogP contribution < -0.4 is 0 Å². The summed E-state index contributed by atoms with van der Waals surface area (Å²) in [5, 5.41) is 0. The predicted octanol–water partition coefficient (Wildman–Crippen LogP) is 5.25. The van der Waals surface area contributed by atoms with E-state index in [9.17, 15) is 0 Å². The molecule has 1 saturated carbocycles. The summed E-state index contributed by atoms with van der Waals surface area (Å²) < 4.78 is 0. The van der Waals surface area contributed by atoms with E-state index in [4.69, 9.17) is 0 Å². The van der Waals surface area contributed by atoms with Gasteiger partial charge in [0.1, 0.15) is 0 Å². The van der Waals surface area contributed by atoms with E-state index in [-0.39, 0.29) is 0 Å². The Balaban J connectivity index is 2.01. The molecule has 108 valence electrons. The van der Waals surface area contributed by atoms with Crippen molar-refractivity contribution in [3.8, 4) is 0 Å². The molecule has 1 nitrogen and oxygen atoms in total. The lowest BCUT2D eigenvalue weighted by Crippen LogP contribution is -2.35. The first-order chi connectivity index (χ1) is 8.77. The zero-order valence-electron chi connectivity index (χ0n) is 13.1. The Morgan fingerprint density at radius 3 is 2.06 bits per heavy atom. The van der Waals surface area contributed by atoms with E-state index < -0.39 is 0 Å². The van der Waals surface area contributed by atoms with E-state index >= 15 is 0 Å². The Morgan fingerprint density at radius 2 is 1.44 bits per heavy atom. The molecule has 0 heterocycles. The molecule has 1 rings (SSSR count). The normalized spacial score (nSPS) is 24.7. The fourth-order valence-corrected chi connectivity index (χ4v) is 3.32. The van der Waals surface area contributed by atoms with Crippen LogP contribution in [0, 0.1) is 5.92 Å². The molecule has 1 heteroatoms. The molecule has 0 aliphatic heterocycles. The highest BCUT2D eigenvalue weighted by atomic mass is 15.1. The molecule has 0 aromatic heterocycles. The Labute approximate surface area is 115 Å². The SMILES string of the molecule is CCCCCCCCN(C)C1CCC(CC)CC1. The van der Waals surface area contributed by atoms with Gasteiger partial charge < -0.3 is 4.90 Å². The van der Waals surface area contributed by atoms with E-state index in [1.807, 2.05) is 0 Å². The summed E-state index contributed by atoms with van der Waals surface area (Å²) in [6.45, 7) is 5.97. The van der Waals surface area contributed by atoms with E-state index in [2.05, 4.69) is 25.8 Å². The van der Waals surface area contributed by atoms with Crippen LogP contribution in [0.1, 0.15) is 84.5 Å². The standard InChI is InChI=1S/C17H35N/c1-4-6-7-8-9-10-15-18(3)17-13-11-16(5-2)12-14-17/h16-17H,4-15H2,1-3H3. The summed E-state index contributed by atoms with van der Waals surface area (Å²) in [7, 11) is 2.35. The monoisotopic (exact) mass is 253 g/mol. The molecule has 0 spiro atoms. The van der Waals surface area contributed by atoms with Crippen molar-refractivity contribution in [1.29, 1.82) is 0 Å². The highest BCUT2D eigenvalue weighted by Gasteiger charge is 2.22. The summed E-state index contributed by atoms with van der Waals surface area (Å²) in [4.78, 5) is 2.64. The van der Waals surface area contributed by atoms with Gasteiger partial charge in [0, 0.05) is 6.04 Å². The summed E-state index contributed by atoms with van der Waals surface area (Å²) in [6, 6.07) is 0.892. The molecule has 0 atom stereocenters. The molecule has 1 fully saturated rings. The molecule has 0 N–H and O–H groups in total. The highest BCUT2D eigenvalue weighted by molar-refractivity contribution is 4.77. The first kappa shape index (κ1) is 16.0. The van der Waals surface area contributed by atoms with Crippen molar-refractivity contribution in [1.82, 2.24) is 4.90 Å². The average Bonchev–Trinajstić information content (AvgIpc) is 2.42. The molecule has 0 amide bonds. The second-order valence-corrected chi connectivity index (χ2v) is 6.33. The molecule has 18 heavy (non-hydrogen) atoms. The molecule has 0 aromatic rings. The fraction of sp³-hybridized carbons (Fsp3) is 1.00. The molecule has 0 unspecified atom stereocenters. The third-order valence-electron chi connectivity index (χ3n) is 4.88. The van der Waals surface area contributed by atoms with Gasteiger partial charge in [-0.15, -0.1) is 0 Å². The zero-order chi connectivity index (χ0) is 13.2. The Kier molecular flexibility index (Phi) is 8.75. The average molecular weight is 253 g/mol. The van der Waals surface area contributed by atoms with Crippen LogP contribution in [-0.2, 0) is 0 Å². The van der Waals surface area contributed by atoms with Crippen LogP contribution in [0.4, 0.5) is 0 Å². The number of unbranched alkanes of at least 4 members (excludes halogenated alkanes) is 5. The van der Waals surface area contributed by atoms with Crippen molar-refractivity contribution in [2.45, 2.75) is 90.5 Å². The molecule has 0 bridgehead atoms. The van der Waals surface area contributed by atoms with Crippen molar-refractivity contribution < 1.29 is 0 Å². The van der Waals surface area contributed by atoms with Crippen molar-refractivity contribution in [3.63, 3.8) is 0 Å². The van der Waals surface area contributed by atoms with Crippen molar-refractivity contribution in [3.05, 3.63) is 0 Å². The molecule has 0 aromatic carbocycles. The summed E-state index contributed by atoms with van der Waals surface area (Å²) in [6.07, 6.45) is 15.8. The molecular formula is C17H35N. The minimum Gasteiger partial charge on any atom is -0.303 e. The minimum absolute atomic E-state index is 0.892. The summed E-state index contributed by atoms with van der Waals surface area (Å²) >= 11 is 0. The molecular weight excluding hydrogens is 218 g/mol. The molecule has 1 aliphatic rings. The van der Waals surface area contributed by atoms with E-state index in [0.29, 0.717) is 0 Å². The van der Waals surface area contributed by atoms with Gasteiger partial charge in [-0.2, -0.15) is 0 Å². The smallest absolute Gasteiger partial charge is 0.00924 e. The van der Waals surface area contributed by atoms with Crippen molar-refractivity contribution in [2.24, 2.45) is 5.92 Å². The number of nitrogens with zero attached hydrogens (tertiary/aromatic N) is 1. The van der Waals surface area contributed by atoms with Crippen LogP contribution in [-0.4, -0.2) is 24.5 Å². The van der Waals surface area contributed by atoms with Gasteiger partial charge in [0.25, 0.3) is 0 Å². The largest absolute Gasteiger partial charge is 0.303 e. The van der Waals surface area contributed by atoms with E-state index in [1.165, 1.54) is 77.2 Å². The van der Waals surface area contributed by atoms with Gasteiger partial charge >= 0.3 is 0 Å². The predicted molar refractivity (Wildman–Crippen MR) is 82.0 cm³/mol. The van der Waals surface area contributed by atoms with Crippen LogP contribution in [0.15, 0.2) is 0 Å². The molecule has 0 saturated heterocycles. The molecule has 0 radical (unpaired) electrons. The maximum absolute atomic E-state index is 2.64. The second-order valence-electron chi connectivity index (χ2n) is 6.33. The van der Waals surface area contributed by atoms with Gasteiger partial charge in [0.2, 0.25) is 0 Å². The van der Waals surface area contributed by atoms with Crippen LogP contribution in [0.25, 0.3) is 0 Å². The van der Waals surface area contributed by atoms with Crippen LogP contribution >= 0.6 is 0 Å². The van der Waals surface area contributed by atoms with Gasteiger partial charge in [-0.05, 0) is 51.6 Å². The Morgan fingerprint density at radius 1 is 0.833 bits per heavy atom. The van der Waals surface area contributed by atoms with Crippen molar-refractivity contribution in [2.75, 3.05) is 13.6 Å². The van der Waals surface area contributed by atoms with Crippen LogP contribution in [0.3, 0.4) is 0 Å². The van der Waals surface area contributed by atoms with Gasteiger partial charge in [-0.3, -0.25) is 0 Å². The van der Waals surface area contributed by atoms with Gasteiger partial charge in [0.05, 0.1) is 0 Å². The van der Waals surface area contributed by atoms with Gasteiger partial charge in [0.15, 0.2) is 0 Å². The van der Waals surface area contributed by atoms with E-state index in [0.717, 1.165) is 12.0 Å². The lowest BCUT2D eigenvalue weighted by Gasteiger charge is -2.34. The van der Waals surface area contributed by atoms with Crippen LogP contribution in [0.5, 0.6) is 0 Å². The Hall–Kier alpha value is -0.0400.